The lowest BCUT2D eigenvalue weighted by atomic mass is 9.99. The minimum atomic E-state index is -3.08. The van der Waals surface area contributed by atoms with E-state index >= 15 is 0 Å². The van der Waals surface area contributed by atoms with Crippen LogP contribution in [0.3, 0.4) is 0 Å². The highest BCUT2D eigenvalue weighted by Gasteiger charge is 2.29. The van der Waals surface area contributed by atoms with Crippen molar-refractivity contribution in [2.45, 2.75) is 32.2 Å². The molecule has 0 bridgehead atoms. The molecule has 1 amide bonds. The van der Waals surface area contributed by atoms with Gasteiger partial charge < -0.3 is 14.2 Å². The van der Waals surface area contributed by atoms with Crippen LogP contribution in [0.2, 0.25) is 5.02 Å². The van der Waals surface area contributed by atoms with E-state index in [-0.39, 0.29) is 36.3 Å². The van der Waals surface area contributed by atoms with Gasteiger partial charge in [0.2, 0.25) is 5.91 Å². The molecule has 4 aromatic rings. The number of hydrogen-bond donors (Lipinski definition) is 1. The second-order valence-corrected chi connectivity index (χ2v) is 11.3. The number of aryl methyl sites for hydroxylation is 1. The Labute approximate surface area is 200 Å². The van der Waals surface area contributed by atoms with Gasteiger partial charge in [0, 0.05) is 45.5 Å². The van der Waals surface area contributed by atoms with E-state index in [9.17, 15) is 18.0 Å². The van der Waals surface area contributed by atoms with Crippen LogP contribution in [0.4, 0.5) is 0 Å². The molecule has 3 heterocycles. The van der Waals surface area contributed by atoms with Crippen LogP contribution in [0, 0.1) is 6.92 Å². The van der Waals surface area contributed by atoms with E-state index in [0.717, 1.165) is 27.5 Å². The first kappa shape index (κ1) is 22.7. The van der Waals surface area contributed by atoms with Crippen LogP contribution in [-0.4, -0.2) is 31.9 Å². The van der Waals surface area contributed by atoms with Crippen molar-refractivity contribution in [1.82, 2.24) is 5.32 Å². The summed E-state index contributed by atoms with van der Waals surface area (Å²) in [7, 11) is -3.08. The number of fused-ring (bicyclic) bond motifs is 2. The van der Waals surface area contributed by atoms with Crippen LogP contribution in [-0.2, 0) is 21.1 Å². The Morgan fingerprint density at radius 1 is 1.15 bits per heavy atom. The van der Waals surface area contributed by atoms with E-state index in [1.807, 2.05) is 37.3 Å². The summed E-state index contributed by atoms with van der Waals surface area (Å²) in [5.41, 5.74) is 3.53. The Balaban J connectivity index is 1.44. The summed E-state index contributed by atoms with van der Waals surface area (Å²) in [5, 5.41) is 5.04. The van der Waals surface area contributed by atoms with E-state index in [0.29, 0.717) is 28.2 Å². The molecule has 0 radical (unpaired) electrons. The first-order valence-electron chi connectivity index (χ1n) is 10.9. The van der Waals surface area contributed by atoms with Gasteiger partial charge in [-0.2, -0.15) is 0 Å². The number of carbonyl (C=O) groups excluding carboxylic acids is 1. The van der Waals surface area contributed by atoms with Gasteiger partial charge in [0.1, 0.15) is 11.2 Å². The second kappa shape index (κ2) is 8.60. The number of amides is 1. The smallest absolute Gasteiger partial charge is 0.339 e. The van der Waals surface area contributed by atoms with Crippen molar-refractivity contribution in [2.24, 2.45) is 0 Å². The summed E-state index contributed by atoms with van der Waals surface area (Å²) in [6.45, 7) is 1.84. The van der Waals surface area contributed by atoms with Gasteiger partial charge in [0.25, 0.3) is 0 Å². The molecule has 1 aliphatic rings. The Bertz CT molecular complexity index is 1580. The number of halogens is 1. The Hall–Kier alpha value is -3.10. The van der Waals surface area contributed by atoms with Crippen LogP contribution in [0.1, 0.15) is 24.0 Å². The molecule has 2 aromatic heterocycles. The van der Waals surface area contributed by atoms with E-state index in [4.69, 9.17) is 20.4 Å². The maximum atomic E-state index is 12.7. The second-order valence-electron chi connectivity index (χ2n) is 8.66. The molecule has 0 spiro atoms. The molecular formula is C25H22ClNO6S. The highest BCUT2D eigenvalue weighted by atomic mass is 35.5. The summed E-state index contributed by atoms with van der Waals surface area (Å²) in [5.74, 6) is -0.227. The van der Waals surface area contributed by atoms with Gasteiger partial charge in [-0.15, -0.1) is 0 Å². The molecule has 0 aliphatic carbocycles. The van der Waals surface area contributed by atoms with Crippen LogP contribution >= 0.6 is 11.6 Å². The third-order valence-electron chi connectivity index (χ3n) is 6.34. The van der Waals surface area contributed by atoms with E-state index in [1.54, 1.807) is 12.3 Å². The first-order valence-corrected chi connectivity index (χ1v) is 13.1. The molecule has 5 rings (SSSR count). The van der Waals surface area contributed by atoms with Gasteiger partial charge in [0.15, 0.2) is 9.84 Å². The van der Waals surface area contributed by atoms with Crippen molar-refractivity contribution in [3.63, 3.8) is 0 Å². The normalized spacial score (nSPS) is 17.4. The summed E-state index contributed by atoms with van der Waals surface area (Å²) in [6.07, 6.45) is 2.34. The average molecular weight is 500 g/mol. The number of carbonyl (C=O) groups is 1. The molecule has 1 aliphatic heterocycles. The van der Waals surface area contributed by atoms with Crippen LogP contribution in [0.25, 0.3) is 33.1 Å². The van der Waals surface area contributed by atoms with Crippen molar-refractivity contribution < 1.29 is 22.0 Å². The lowest BCUT2D eigenvalue weighted by molar-refractivity contribution is -0.121. The molecule has 1 atom stereocenters. The largest absolute Gasteiger partial charge is 0.464 e. The fourth-order valence-electron chi connectivity index (χ4n) is 4.50. The van der Waals surface area contributed by atoms with Crippen LogP contribution < -0.4 is 10.9 Å². The standard InChI is InChI=1S/C25H22ClNO6S/c1-14-18(6-7-24(28)27-17-8-9-34(30,31)13-17)25(29)33-23-11-22-20(10-19(14)23)21(12-32-22)15-2-4-16(26)5-3-15/h2-5,10-12,17H,6-9,13H2,1H3,(H,27,28)/t17-/m0/s1. The molecular weight excluding hydrogens is 478 g/mol. The zero-order valence-electron chi connectivity index (χ0n) is 18.4. The highest BCUT2D eigenvalue weighted by molar-refractivity contribution is 7.91. The molecule has 2 aromatic carbocycles. The summed E-state index contributed by atoms with van der Waals surface area (Å²) >= 11 is 6.01. The van der Waals surface area contributed by atoms with Gasteiger partial charge in [0.05, 0.1) is 17.8 Å². The van der Waals surface area contributed by atoms with Crippen molar-refractivity contribution in [3.05, 3.63) is 69.2 Å². The van der Waals surface area contributed by atoms with Gasteiger partial charge in [-0.25, -0.2) is 13.2 Å². The van der Waals surface area contributed by atoms with Crippen LogP contribution in [0.15, 0.2) is 56.3 Å². The molecule has 1 N–H and O–H groups in total. The highest BCUT2D eigenvalue weighted by Crippen LogP contribution is 2.35. The summed E-state index contributed by atoms with van der Waals surface area (Å²) < 4.78 is 34.5. The lowest BCUT2D eigenvalue weighted by Gasteiger charge is -2.11. The Morgan fingerprint density at radius 2 is 1.91 bits per heavy atom. The number of nitrogens with one attached hydrogen (secondary N) is 1. The third-order valence-corrected chi connectivity index (χ3v) is 8.36. The molecule has 0 saturated carbocycles. The predicted octanol–water partition coefficient (Wildman–Crippen LogP) is 4.40. The number of hydrogen-bond acceptors (Lipinski definition) is 6. The van der Waals surface area contributed by atoms with E-state index in [1.165, 1.54) is 0 Å². The fraction of sp³-hybridized carbons (Fsp3) is 0.280. The molecule has 176 valence electrons. The predicted molar refractivity (Wildman–Crippen MR) is 131 cm³/mol. The monoisotopic (exact) mass is 499 g/mol. The number of benzene rings is 2. The maximum Gasteiger partial charge on any atom is 0.339 e. The van der Waals surface area contributed by atoms with Crippen molar-refractivity contribution >= 4 is 49.3 Å². The summed E-state index contributed by atoms with van der Waals surface area (Å²) in [4.78, 5) is 25.0. The Kier molecular flexibility index (Phi) is 5.73. The first-order chi connectivity index (χ1) is 16.2. The van der Waals surface area contributed by atoms with Crippen LogP contribution in [0.5, 0.6) is 0 Å². The minimum Gasteiger partial charge on any atom is -0.464 e. The van der Waals surface area contributed by atoms with Crippen molar-refractivity contribution in [2.75, 3.05) is 11.5 Å². The van der Waals surface area contributed by atoms with Gasteiger partial charge >= 0.3 is 5.63 Å². The SMILES string of the molecule is Cc1c(CCC(=O)N[C@H]2CCS(=O)(=O)C2)c(=O)oc2cc3occ(-c4ccc(Cl)cc4)c3cc12. The molecule has 1 saturated heterocycles. The minimum absolute atomic E-state index is 0.0352. The van der Waals surface area contributed by atoms with Gasteiger partial charge in [-0.3, -0.25) is 4.79 Å². The lowest BCUT2D eigenvalue weighted by Crippen LogP contribution is -2.35. The van der Waals surface area contributed by atoms with E-state index in [2.05, 4.69) is 5.32 Å². The van der Waals surface area contributed by atoms with Crippen molar-refractivity contribution in [1.29, 1.82) is 0 Å². The molecule has 0 unspecified atom stereocenters. The third kappa shape index (κ3) is 4.35. The topological polar surface area (TPSA) is 107 Å². The van der Waals surface area contributed by atoms with Gasteiger partial charge in [-0.05, 0) is 49.1 Å². The zero-order valence-corrected chi connectivity index (χ0v) is 20.0. The molecule has 34 heavy (non-hydrogen) atoms. The molecule has 1 fully saturated rings. The number of sulfone groups is 1. The maximum absolute atomic E-state index is 12.7. The number of furan rings is 1. The van der Waals surface area contributed by atoms with Crippen molar-refractivity contribution in [3.8, 4) is 11.1 Å². The molecule has 9 heteroatoms. The Morgan fingerprint density at radius 3 is 2.62 bits per heavy atom. The fourth-order valence-corrected chi connectivity index (χ4v) is 6.30. The summed E-state index contributed by atoms with van der Waals surface area (Å²) in [6, 6.07) is 10.7. The molecule has 7 nitrogen and oxygen atoms in total. The quantitative estimate of drug-likeness (QED) is 0.408. The number of rotatable bonds is 5. The zero-order chi connectivity index (χ0) is 24.0. The average Bonchev–Trinajstić information content (AvgIpc) is 3.35. The van der Waals surface area contributed by atoms with E-state index < -0.39 is 15.5 Å². The van der Waals surface area contributed by atoms with Gasteiger partial charge in [-0.1, -0.05) is 23.7 Å².